The van der Waals surface area contributed by atoms with E-state index in [9.17, 15) is 4.79 Å². The normalized spacial score (nSPS) is 17.4. The van der Waals surface area contributed by atoms with Crippen LogP contribution in [0.5, 0.6) is 17.2 Å². The van der Waals surface area contributed by atoms with Crippen molar-refractivity contribution < 1.29 is 19.0 Å². The molecule has 0 aliphatic carbocycles. The maximum atomic E-state index is 12.7. The van der Waals surface area contributed by atoms with Crippen LogP contribution in [0.4, 0.5) is 0 Å². The van der Waals surface area contributed by atoms with E-state index in [0.717, 1.165) is 31.1 Å². The minimum atomic E-state index is -0.569. The molecule has 1 atom stereocenters. The fraction of sp³-hybridized carbons (Fsp3) is 0.381. The molecule has 1 amide bonds. The van der Waals surface area contributed by atoms with Gasteiger partial charge in [-0.25, -0.2) is 0 Å². The van der Waals surface area contributed by atoms with E-state index in [1.54, 1.807) is 19.1 Å². The molecule has 0 aromatic heterocycles. The highest BCUT2D eigenvalue weighted by atomic mass is 35.5. The average molecular weight is 403 g/mol. The van der Waals surface area contributed by atoms with Gasteiger partial charge in [0.15, 0.2) is 17.6 Å². The van der Waals surface area contributed by atoms with E-state index in [0.29, 0.717) is 23.9 Å². The topological polar surface area (TPSA) is 51.2 Å². The molecular weight excluding hydrogens is 380 g/mol. The Morgan fingerprint density at radius 1 is 1.11 bits per heavy atom. The summed E-state index contributed by atoms with van der Waals surface area (Å²) in [6, 6.07) is 13.2. The molecular formula is C21H23ClN2O4. The minimum absolute atomic E-state index is 0.0114. The smallest absolute Gasteiger partial charge is 0.263 e. The van der Waals surface area contributed by atoms with E-state index in [4.69, 9.17) is 25.8 Å². The monoisotopic (exact) mass is 402 g/mol. The lowest BCUT2D eigenvalue weighted by Crippen LogP contribution is -2.51. The van der Waals surface area contributed by atoms with Crippen LogP contribution in [0.1, 0.15) is 12.5 Å². The van der Waals surface area contributed by atoms with Gasteiger partial charge in [0.25, 0.3) is 5.91 Å². The highest BCUT2D eigenvalue weighted by molar-refractivity contribution is 6.32. The Morgan fingerprint density at radius 3 is 2.64 bits per heavy atom. The molecule has 1 saturated heterocycles. The van der Waals surface area contributed by atoms with Gasteiger partial charge in [-0.1, -0.05) is 29.8 Å². The Hall–Kier alpha value is -2.44. The summed E-state index contributed by atoms with van der Waals surface area (Å²) in [6.07, 6.45) is -0.569. The van der Waals surface area contributed by atoms with Crippen LogP contribution in [0.15, 0.2) is 42.5 Å². The first-order valence-corrected chi connectivity index (χ1v) is 9.79. The molecule has 0 unspecified atom stereocenters. The summed E-state index contributed by atoms with van der Waals surface area (Å²) in [5.41, 5.74) is 1.18. The lowest BCUT2D eigenvalue weighted by molar-refractivity contribution is -0.139. The molecule has 2 aromatic carbocycles. The molecule has 28 heavy (non-hydrogen) atoms. The van der Waals surface area contributed by atoms with E-state index in [2.05, 4.69) is 11.0 Å². The van der Waals surface area contributed by atoms with E-state index in [1.807, 2.05) is 29.2 Å². The van der Waals surface area contributed by atoms with Gasteiger partial charge < -0.3 is 19.1 Å². The molecule has 0 saturated carbocycles. The molecule has 0 N–H and O–H groups in total. The van der Waals surface area contributed by atoms with E-state index in [-0.39, 0.29) is 12.7 Å². The van der Waals surface area contributed by atoms with Crippen LogP contribution < -0.4 is 14.2 Å². The number of ether oxygens (including phenoxy) is 3. The van der Waals surface area contributed by atoms with Crippen molar-refractivity contribution in [1.82, 2.24) is 9.80 Å². The number of carbonyl (C=O) groups excluding carboxylic acids is 1. The first kappa shape index (κ1) is 18.9. The van der Waals surface area contributed by atoms with Crippen molar-refractivity contribution in [3.05, 3.63) is 53.1 Å². The van der Waals surface area contributed by atoms with Gasteiger partial charge in [0, 0.05) is 32.7 Å². The number of amides is 1. The standard InChI is InChI=1S/C21H23ClN2O4/c1-15(28-18-5-3-2-4-17(18)22)21(25)24-10-8-23(9-11-24)13-16-6-7-19-20(12-16)27-14-26-19/h2-7,12,15H,8-11,13-14H2,1H3/t15-/m0/s1. The first-order valence-electron chi connectivity index (χ1n) is 9.41. The van der Waals surface area contributed by atoms with Gasteiger partial charge in [-0.15, -0.1) is 0 Å². The van der Waals surface area contributed by atoms with Crippen LogP contribution in [0.3, 0.4) is 0 Å². The summed E-state index contributed by atoms with van der Waals surface area (Å²) < 4.78 is 16.6. The zero-order chi connectivity index (χ0) is 19.5. The lowest BCUT2D eigenvalue weighted by atomic mass is 10.1. The summed E-state index contributed by atoms with van der Waals surface area (Å²) in [7, 11) is 0. The Kier molecular flexibility index (Phi) is 5.59. The predicted octanol–water partition coefficient (Wildman–Crippen LogP) is 3.18. The Balaban J connectivity index is 1.28. The molecule has 0 spiro atoms. The van der Waals surface area contributed by atoms with Gasteiger partial charge in [0.2, 0.25) is 6.79 Å². The summed E-state index contributed by atoms with van der Waals surface area (Å²) in [5, 5.41) is 0.510. The average Bonchev–Trinajstić information content (AvgIpc) is 3.17. The van der Waals surface area contributed by atoms with E-state index < -0.39 is 6.10 Å². The molecule has 7 heteroatoms. The second-order valence-electron chi connectivity index (χ2n) is 6.98. The highest BCUT2D eigenvalue weighted by Gasteiger charge is 2.26. The first-order chi connectivity index (χ1) is 13.6. The van der Waals surface area contributed by atoms with Gasteiger partial charge in [-0.3, -0.25) is 9.69 Å². The molecule has 2 aromatic rings. The predicted molar refractivity (Wildman–Crippen MR) is 106 cm³/mol. The molecule has 0 radical (unpaired) electrons. The molecule has 2 heterocycles. The molecule has 2 aliphatic rings. The molecule has 1 fully saturated rings. The van der Waals surface area contributed by atoms with Crippen LogP contribution in [0, 0.1) is 0 Å². The number of halogens is 1. The van der Waals surface area contributed by atoms with Crippen molar-refractivity contribution in [3.63, 3.8) is 0 Å². The fourth-order valence-corrected chi connectivity index (χ4v) is 3.64. The van der Waals surface area contributed by atoms with E-state index >= 15 is 0 Å². The number of carbonyl (C=O) groups is 1. The van der Waals surface area contributed by atoms with Gasteiger partial charge >= 0.3 is 0 Å². The van der Waals surface area contributed by atoms with Crippen molar-refractivity contribution in [1.29, 1.82) is 0 Å². The van der Waals surface area contributed by atoms with Crippen LogP contribution >= 0.6 is 11.6 Å². The molecule has 148 valence electrons. The summed E-state index contributed by atoms with van der Waals surface area (Å²) in [4.78, 5) is 16.9. The quantitative estimate of drug-likeness (QED) is 0.768. The number of fused-ring (bicyclic) bond motifs is 1. The Labute approximate surface area is 169 Å². The van der Waals surface area contributed by atoms with Crippen molar-refractivity contribution in [2.24, 2.45) is 0 Å². The van der Waals surface area contributed by atoms with Crippen LogP contribution in [0.25, 0.3) is 0 Å². The Morgan fingerprint density at radius 2 is 1.86 bits per heavy atom. The van der Waals surface area contributed by atoms with E-state index in [1.165, 1.54) is 5.56 Å². The number of hydrogen-bond donors (Lipinski definition) is 0. The maximum Gasteiger partial charge on any atom is 0.263 e. The third kappa shape index (κ3) is 4.18. The van der Waals surface area contributed by atoms with Crippen molar-refractivity contribution >= 4 is 17.5 Å². The van der Waals surface area contributed by atoms with Gasteiger partial charge in [-0.2, -0.15) is 0 Å². The fourth-order valence-electron chi connectivity index (χ4n) is 3.46. The molecule has 2 aliphatic heterocycles. The summed E-state index contributed by atoms with van der Waals surface area (Å²) in [5.74, 6) is 2.12. The molecule has 0 bridgehead atoms. The summed E-state index contributed by atoms with van der Waals surface area (Å²) in [6.45, 7) is 5.88. The van der Waals surface area contributed by atoms with Gasteiger partial charge in [0.1, 0.15) is 5.75 Å². The number of hydrogen-bond acceptors (Lipinski definition) is 5. The minimum Gasteiger partial charge on any atom is -0.479 e. The number of piperazine rings is 1. The third-order valence-corrected chi connectivity index (χ3v) is 5.33. The van der Waals surface area contributed by atoms with Crippen molar-refractivity contribution in [2.75, 3.05) is 33.0 Å². The highest BCUT2D eigenvalue weighted by Crippen LogP contribution is 2.33. The maximum absolute atomic E-state index is 12.7. The third-order valence-electron chi connectivity index (χ3n) is 5.02. The van der Waals surface area contributed by atoms with Crippen molar-refractivity contribution in [3.8, 4) is 17.2 Å². The van der Waals surface area contributed by atoms with Crippen LogP contribution in [0.2, 0.25) is 5.02 Å². The number of benzene rings is 2. The van der Waals surface area contributed by atoms with Gasteiger partial charge in [-0.05, 0) is 36.8 Å². The van der Waals surface area contributed by atoms with Gasteiger partial charge in [0.05, 0.1) is 5.02 Å². The van der Waals surface area contributed by atoms with Crippen molar-refractivity contribution in [2.45, 2.75) is 19.6 Å². The number of para-hydroxylation sites is 1. The zero-order valence-electron chi connectivity index (χ0n) is 15.8. The number of rotatable bonds is 5. The zero-order valence-corrected chi connectivity index (χ0v) is 16.5. The second-order valence-corrected chi connectivity index (χ2v) is 7.39. The SMILES string of the molecule is C[C@H](Oc1ccccc1Cl)C(=O)N1CCN(Cc2ccc3c(c2)OCO3)CC1. The molecule has 4 rings (SSSR count). The van der Waals surface area contributed by atoms with Crippen LogP contribution in [-0.4, -0.2) is 54.8 Å². The Bertz CT molecular complexity index is 852. The lowest BCUT2D eigenvalue weighted by Gasteiger charge is -2.36. The molecule has 6 nitrogen and oxygen atoms in total. The van der Waals surface area contributed by atoms with Crippen LogP contribution in [-0.2, 0) is 11.3 Å². The largest absolute Gasteiger partial charge is 0.479 e. The number of nitrogens with zero attached hydrogens (tertiary/aromatic N) is 2. The summed E-state index contributed by atoms with van der Waals surface area (Å²) >= 11 is 6.12. The second kappa shape index (κ2) is 8.29.